The lowest BCUT2D eigenvalue weighted by Crippen LogP contribution is -2.10. The second kappa shape index (κ2) is 3.92. The van der Waals surface area contributed by atoms with Crippen molar-refractivity contribution in [2.45, 2.75) is 6.92 Å². The van der Waals surface area contributed by atoms with Gasteiger partial charge in [0.05, 0.1) is 14.5 Å². The number of hydrogen-bond acceptors (Lipinski definition) is 1. The van der Waals surface area contributed by atoms with E-state index >= 15 is 0 Å². The fourth-order valence-corrected chi connectivity index (χ4v) is 2.37. The minimum absolute atomic E-state index is 0.00236. The summed E-state index contributed by atoms with van der Waals surface area (Å²) in [5.41, 5.74) is 0.346. The molecule has 0 aliphatic heterocycles. The molecular weight excluding hydrogens is 348 g/mol. The van der Waals surface area contributed by atoms with Gasteiger partial charge in [0.1, 0.15) is 0 Å². The summed E-state index contributed by atoms with van der Waals surface area (Å²) in [6.07, 6.45) is 0. The van der Waals surface area contributed by atoms with Crippen molar-refractivity contribution < 1.29 is 8.78 Å². The molecule has 1 aromatic carbocycles. The van der Waals surface area contributed by atoms with Gasteiger partial charge in [-0.2, -0.15) is 0 Å². The Labute approximate surface area is 106 Å². The van der Waals surface area contributed by atoms with E-state index in [1.165, 1.54) is 6.07 Å². The fourth-order valence-electron chi connectivity index (χ4n) is 1.40. The van der Waals surface area contributed by atoms with E-state index in [4.69, 9.17) is 0 Å². The highest BCUT2D eigenvalue weighted by Gasteiger charge is 2.17. The van der Waals surface area contributed by atoms with Crippen LogP contribution in [0.25, 0.3) is 10.9 Å². The Morgan fingerprint density at radius 1 is 1.19 bits per heavy atom. The first kappa shape index (κ1) is 11.7. The Kier molecular flexibility index (Phi) is 2.88. The molecule has 0 fully saturated rings. The van der Waals surface area contributed by atoms with Crippen LogP contribution in [0.1, 0.15) is 5.56 Å². The summed E-state index contributed by atoms with van der Waals surface area (Å²) in [5, 5.41) is 0.419. The molecule has 2 aromatic rings. The summed E-state index contributed by atoms with van der Waals surface area (Å²) in [7, 11) is 0. The van der Waals surface area contributed by atoms with Crippen molar-refractivity contribution in [2.75, 3.05) is 0 Å². The fraction of sp³-hybridized carbons (Fsp3) is 0.100. The van der Waals surface area contributed by atoms with Crippen molar-refractivity contribution in [3.8, 4) is 0 Å². The summed E-state index contributed by atoms with van der Waals surface area (Å²) in [6, 6.07) is 1.51. The number of halogens is 4. The van der Waals surface area contributed by atoms with Crippen LogP contribution < -0.4 is 5.56 Å². The summed E-state index contributed by atoms with van der Waals surface area (Å²) in [5.74, 6) is -2.01. The SMILES string of the molecule is Cc1cc2c(Br)c(F)c(F)c(Br)c2[nH]c1=O. The van der Waals surface area contributed by atoms with Crippen LogP contribution >= 0.6 is 31.9 Å². The highest BCUT2D eigenvalue weighted by atomic mass is 79.9. The normalized spacial score (nSPS) is 11.1. The molecule has 84 valence electrons. The van der Waals surface area contributed by atoms with E-state index in [0.717, 1.165) is 0 Å². The molecule has 0 spiro atoms. The molecule has 6 heteroatoms. The van der Waals surface area contributed by atoms with Crippen LogP contribution in [-0.4, -0.2) is 4.98 Å². The third-order valence-corrected chi connectivity index (χ3v) is 3.78. The number of aromatic nitrogens is 1. The zero-order valence-electron chi connectivity index (χ0n) is 8.00. The number of fused-ring (bicyclic) bond motifs is 1. The number of aryl methyl sites for hydroxylation is 1. The molecule has 0 aliphatic carbocycles. The van der Waals surface area contributed by atoms with Crippen molar-refractivity contribution in [3.63, 3.8) is 0 Å². The molecule has 0 bridgehead atoms. The Balaban J connectivity index is 3.09. The number of rotatable bonds is 0. The van der Waals surface area contributed by atoms with E-state index in [0.29, 0.717) is 10.9 Å². The zero-order valence-corrected chi connectivity index (χ0v) is 11.2. The van der Waals surface area contributed by atoms with Crippen LogP contribution in [0.5, 0.6) is 0 Å². The minimum atomic E-state index is -1.03. The number of benzene rings is 1. The van der Waals surface area contributed by atoms with Gasteiger partial charge in [-0.15, -0.1) is 0 Å². The molecular formula is C10H5Br2F2NO. The quantitative estimate of drug-likeness (QED) is 0.570. The lowest BCUT2D eigenvalue weighted by Gasteiger charge is -2.07. The van der Waals surface area contributed by atoms with Crippen LogP contribution in [0.4, 0.5) is 8.78 Å². The van der Waals surface area contributed by atoms with Gasteiger partial charge in [0.2, 0.25) is 0 Å². The molecule has 0 saturated carbocycles. The predicted octanol–water partition coefficient (Wildman–Crippen LogP) is 3.64. The maximum absolute atomic E-state index is 13.4. The van der Waals surface area contributed by atoms with E-state index in [2.05, 4.69) is 36.8 Å². The number of aromatic amines is 1. The van der Waals surface area contributed by atoms with Crippen LogP contribution in [0.3, 0.4) is 0 Å². The van der Waals surface area contributed by atoms with Gasteiger partial charge in [-0.25, -0.2) is 8.78 Å². The highest BCUT2D eigenvalue weighted by Crippen LogP contribution is 2.34. The molecule has 0 amide bonds. The first-order valence-electron chi connectivity index (χ1n) is 4.29. The Hall–Kier alpha value is -0.750. The maximum atomic E-state index is 13.4. The van der Waals surface area contributed by atoms with Crippen LogP contribution in [-0.2, 0) is 0 Å². The topological polar surface area (TPSA) is 32.9 Å². The predicted molar refractivity (Wildman–Crippen MR) is 64.6 cm³/mol. The Morgan fingerprint density at radius 2 is 1.75 bits per heavy atom. The summed E-state index contributed by atoms with van der Waals surface area (Å²) >= 11 is 5.89. The maximum Gasteiger partial charge on any atom is 0.251 e. The van der Waals surface area contributed by atoms with E-state index in [1.807, 2.05) is 0 Å². The Morgan fingerprint density at radius 3 is 2.38 bits per heavy atom. The monoisotopic (exact) mass is 351 g/mol. The first-order valence-corrected chi connectivity index (χ1v) is 5.87. The summed E-state index contributed by atoms with van der Waals surface area (Å²) in [6.45, 7) is 1.60. The van der Waals surface area contributed by atoms with Gasteiger partial charge in [-0.3, -0.25) is 4.79 Å². The average Bonchev–Trinajstić information content (AvgIpc) is 2.26. The second-order valence-electron chi connectivity index (χ2n) is 3.33. The number of pyridine rings is 1. The summed E-state index contributed by atoms with van der Waals surface area (Å²) in [4.78, 5) is 13.9. The molecule has 2 rings (SSSR count). The van der Waals surface area contributed by atoms with Gasteiger partial charge in [-0.05, 0) is 44.8 Å². The van der Waals surface area contributed by atoms with Gasteiger partial charge < -0.3 is 4.98 Å². The molecule has 0 saturated heterocycles. The molecule has 1 aromatic heterocycles. The molecule has 2 nitrogen and oxygen atoms in total. The standard InChI is InChI=1S/C10H5Br2F2NO/c1-3-2-4-5(11)7(13)8(14)6(12)9(4)15-10(3)16/h2H,1H3,(H,15,16). The minimum Gasteiger partial charge on any atom is -0.321 e. The molecule has 1 heterocycles. The van der Waals surface area contributed by atoms with Crippen molar-refractivity contribution >= 4 is 42.8 Å². The molecule has 16 heavy (non-hydrogen) atoms. The number of nitrogens with one attached hydrogen (secondary N) is 1. The van der Waals surface area contributed by atoms with E-state index < -0.39 is 11.6 Å². The highest BCUT2D eigenvalue weighted by molar-refractivity contribution is 9.11. The average molecular weight is 353 g/mol. The molecule has 1 N–H and O–H groups in total. The van der Waals surface area contributed by atoms with Crippen molar-refractivity contribution in [2.24, 2.45) is 0 Å². The molecule has 0 unspecified atom stereocenters. The smallest absolute Gasteiger partial charge is 0.251 e. The van der Waals surface area contributed by atoms with Gasteiger partial charge in [0.15, 0.2) is 11.6 Å². The van der Waals surface area contributed by atoms with Crippen LogP contribution in [0.15, 0.2) is 19.8 Å². The van der Waals surface area contributed by atoms with Gasteiger partial charge in [0, 0.05) is 10.9 Å². The van der Waals surface area contributed by atoms with Gasteiger partial charge >= 0.3 is 0 Å². The van der Waals surface area contributed by atoms with E-state index in [1.54, 1.807) is 6.92 Å². The lowest BCUT2D eigenvalue weighted by molar-refractivity contribution is 0.502. The van der Waals surface area contributed by atoms with Crippen LogP contribution in [0.2, 0.25) is 0 Å². The second-order valence-corrected chi connectivity index (χ2v) is 4.91. The van der Waals surface area contributed by atoms with Gasteiger partial charge in [-0.1, -0.05) is 0 Å². The Bertz CT molecular complexity index is 652. The van der Waals surface area contributed by atoms with E-state index in [-0.39, 0.29) is 20.0 Å². The molecule has 0 atom stereocenters. The van der Waals surface area contributed by atoms with Crippen molar-refractivity contribution in [3.05, 3.63) is 42.6 Å². The molecule has 0 aliphatic rings. The molecule has 0 radical (unpaired) electrons. The van der Waals surface area contributed by atoms with E-state index in [9.17, 15) is 13.6 Å². The summed E-state index contributed by atoms with van der Waals surface area (Å²) < 4.78 is 26.7. The zero-order chi connectivity index (χ0) is 12.0. The third kappa shape index (κ3) is 1.60. The largest absolute Gasteiger partial charge is 0.321 e. The lowest BCUT2D eigenvalue weighted by atomic mass is 10.1. The number of hydrogen-bond donors (Lipinski definition) is 1. The number of H-pyrrole nitrogens is 1. The first-order chi connectivity index (χ1) is 7.43. The van der Waals surface area contributed by atoms with Gasteiger partial charge in [0.25, 0.3) is 5.56 Å². The third-order valence-electron chi connectivity index (χ3n) is 2.26. The van der Waals surface area contributed by atoms with Crippen LogP contribution in [0, 0.1) is 18.6 Å². The van der Waals surface area contributed by atoms with Crippen molar-refractivity contribution in [1.82, 2.24) is 4.98 Å². The van der Waals surface area contributed by atoms with Crippen molar-refractivity contribution in [1.29, 1.82) is 0 Å².